The number of fused-ring (bicyclic) bond motifs is 1. The van der Waals surface area contributed by atoms with Crippen LogP contribution in [-0.4, -0.2) is 56.9 Å². The average Bonchev–Trinajstić information content (AvgIpc) is 3.58. The summed E-state index contributed by atoms with van der Waals surface area (Å²) in [6.07, 6.45) is 8.73. The first kappa shape index (κ1) is 22.0. The molecule has 0 aliphatic carbocycles. The zero-order valence-electron chi connectivity index (χ0n) is 20.6. The van der Waals surface area contributed by atoms with Gasteiger partial charge in [0, 0.05) is 30.5 Å². The normalized spacial score (nSPS) is 17.4. The van der Waals surface area contributed by atoms with Crippen molar-refractivity contribution >= 4 is 28.2 Å². The summed E-state index contributed by atoms with van der Waals surface area (Å²) in [5.41, 5.74) is 6.55. The Labute approximate surface area is 206 Å². The molecule has 4 aromatic rings. The lowest BCUT2D eigenvalue weighted by Gasteiger charge is -2.37. The van der Waals surface area contributed by atoms with E-state index in [-0.39, 0.29) is 0 Å². The Balaban J connectivity index is 1.20. The second-order valence-corrected chi connectivity index (χ2v) is 9.89. The van der Waals surface area contributed by atoms with Crippen molar-refractivity contribution in [3.05, 3.63) is 66.1 Å². The van der Waals surface area contributed by atoms with Crippen LogP contribution in [0.3, 0.4) is 0 Å². The van der Waals surface area contributed by atoms with Gasteiger partial charge in [0.25, 0.3) is 0 Å². The summed E-state index contributed by atoms with van der Waals surface area (Å²) in [6, 6.07) is 15.8. The topological polar surface area (TPSA) is 62.1 Å². The van der Waals surface area contributed by atoms with Gasteiger partial charge in [0.1, 0.15) is 12.1 Å². The standard InChI is InChI=1S/C28H33N7/c1-20-6-5-7-21(2)26(20)32-27-25-18-31-35(28(25)30-19-29-27)24-10-8-22(9-11-24)34-16-12-23(13-17-34)33-14-3-4-15-33/h5-11,18-19,23H,3-4,12-17H2,1-2H3,(H,29,30,32). The molecule has 2 aliphatic heterocycles. The number of hydrogen-bond acceptors (Lipinski definition) is 6. The summed E-state index contributed by atoms with van der Waals surface area (Å²) in [5.74, 6) is 0.774. The third-order valence-corrected chi connectivity index (χ3v) is 7.67. The van der Waals surface area contributed by atoms with Crippen molar-refractivity contribution in [3.8, 4) is 5.69 Å². The van der Waals surface area contributed by atoms with Gasteiger partial charge in [-0.05, 0) is 88.0 Å². The van der Waals surface area contributed by atoms with E-state index in [0.29, 0.717) is 0 Å². The van der Waals surface area contributed by atoms with Crippen molar-refractivity contribution in [2.24, 2.45) is 0 Å². The van der Waals surface area contributed by atoms with E-state index < -0.39 is 0 Å². The smallest absolute Gasteiger partial charge is 0.168 e. The van der Waals surface area contributed by atoms with Crippen LogP contribution in [0.5, 0.6) is 0 Å². The van der Waals surface area contributed by atoms with E-state index in [1.807, 2.05) is 10.9 Å². The van der Waals surface area contributed by atoms with Crippen molar-refractivity contribution in [2.75, 3.05) is 36.4 Å². The van der Waals surface area contributed by atoms with Gasteiger partial charge in [-0.15, -0.1) is 0 Å². The van der Waals surface area contributed by atoms with Crippen molar-refractivity contribution in [1.82, 2.24) is 24.6 Å². The van der Waals surface area contributed by atoms with Crippen LogP contribution < -0.4 is 10.2 Å². The molecule has 2 fully saturated rings. The lowest BCUT2D eigenvalue weighted by molar-refractivity contribution is 0.208. The van der Waals surface area contributed by atoms with Crippen LogP contribution in [0.1, 0.15) is 36.8 Å². The van der Waals surface area contributed by atoms with Gasteiger partial charge in [-0.25, -0.2) is 14.6 Å². The van der Waals surface area contributed by atoms with Gasteiger partial charge in [0.05, 0.1) is 17.3 Å². The molecular formula is C28H33N7. The molecule has 0 atom stereocenters. The van der Waals surface area contributed by atoms with Gasteiger partial charge in [0.15, 0.2) is 5.65 Å². The summed E-state index contributed by atoms with van der Waals surface area (Å²) in [7, 11) is 0. The number of hydrogen-bond donors (Lipinski definition) is 1. The van der Waals surface area contributed by atoms with Crippen LogP contribution in [-0.2, 0) is 0 Å². The van der Waals surface area contributed by atoms with E-state index in [2.05, 4.69) is 86.5 Å². The molecule has 0 radical (unpaired) electrons. The Bertz CT molecular complexity index is 1290. The number of aryl methyl sites for hydroxylation is 2. The molecule has 2 aliphatic rings. The highest BCUT2D eigenvalue weighted by Gasteiger charge is 2.26. The van der Waals surface area contributed by atoms with Crippen LogP contribution in [0.4, 0.5) is 17.2 Å². The van der Waals surface area contributed by atoms with Crippen LogP contribution >= 0.6 is 0 Å². The zero-order chi connectivity index (χ0) is 23.8. The van der Waals surface area contributed by atoms with E-state index >= 15 is 0 Å². The van der Waals surface area contributed by atoms with Crippen molar-refractivity contribution in [1.29, 1.82) is 0 Å². The summed E-state index contributed by atoms with van der Waals surface area (Å²) >= 11 is 0. The SMILES string of the molecule is Cc1cccc(C)c1Nc1ncnc2c1cnn2-c1ccc(N2CCC(N3CCCC3)CC2)cc1. The maximum atomic E-state index is 4.66. The molecule has 180 valence electrons. The minimum atomic E-state index is 0.773. The first-order valence-corrected chi connectivity index (χ1v) is 12.8. The van der Waals surface area contributed by atoms with Crippen LogP contribution in [0.2, 0.25) is 0 Å². The highest BCUT2D eigenvalue weighted by molar-refractivity contribution is 5.89. The van der Waals surface area contributed by atoms with Gasteiger partial charge in [0.2, 0.25) is 0 Å². The number of anilines is 3. The van der Waals surface area contributed by atoms with E-state index in [0.717, 1.165) is 47.4 Å². The molecule has 2 aromatic carbocycles. The van der Waals surface area contributed by atoms with Crippen molar-refractivity contribution in [3.63, 3.8) is 0 Å². The molecule has 1 N–H and O–H groups in total. The van der Waals surface area contributed by atoms with E-state index in [1.54, 1.807) is 6.33 Å². The van der Waals surface area contributed by atoms with E-state index in [9.17, 15) is 0 Å². The number of aromatic nitrogens is 4. The molecule has 35 heavy (non-hydrogen) atoms. The zero-order valence-corrected chi connectivity index (χ0v) is 20.6. The highest BCUT2D eigenvalue weighted by atomic mass is 15.3. The highest BCUT2D eigenvalue weighted by Crippen LogP contribution is 2.29. The fourth-order valence-corrected chi connectivity index (χ4v) is 5.66. The van der Waals surface area contributed by atoms with E-state index in [4.69, 9.17) is 0 Å². The van der Waals surface area contributed by atoms with Crippen molar-refractivity contribution < 1.29 is 0 Å². The number of piperidine rings is 1. The molecule has 0 bridgehead atoms. The average molecular weight is 468 g/mol. The molecule has 4 heterocycles. The van der Waals surface area contributed by atoms with Crippen molar-refractivity contribution in [2.45, 2.75) is 45.6 Å². The summed E-state index contributed by atoms with van der Waals surface area (Å²) in [6.45, 7) is 9.06. The minimum Gasteiger partial charge on any atom is -0.371 e. The monoisotopic (exact) mass is 467 g/mol. The predicted molar refractivity (Wildman–Crippen MR) is 142 cm³/mol. The molecule has 0 amide bonds. The molecule has 0 saturated carbocycles. The number of benzene rings is 2. The second kappa shape index (κ2) is 9.30. The van der Waals surface area contributed by atoms with Crippen LogP contribution in [0.15, 0.2) is 55.0 Å². The third kappa shape index (κ3) is 4.25. The molecule has 6 rings (SSSR count). The Kier molecular flexibility index (Phi) is 5.86. The largest absolute Gasteiger partial charge is 0.371 e. The first-order chi connectivity index (χ1) is 17.2. The number of nitrogens with zero attached hydrogens (tertiary/aromatic N) is 6. The molecule has 7 nitrogen and oxygen atoms in total. The summed E-state index contributed by atoms with van der Waals surface area (Å²) in [4.78, 5) is 14.3. The van der Waals surface area contributed by atoms with Gasteiger partial charge in [-0.3, -0.25) is 0 Å². The maximum absolute atomic E-state index is 4.66. The summed E-state index contributed by atoms with van der Waals surface area (Å²) in [5, 5.41) is 9.08. The van der Waals surface area contributed by atoms with E-state index in [1.165, 1.54) is 55.6 Å². The molecule has 2 saturated heterocycles. The van der Waals surface area contributed by atoms with Gasteiger partial charge in [-0.2, -0.15) is 5.10 Å². The van der Waals surface area contributed by atoms with Gasteiger partial charge >= 0.3 is 0 Å². The van der Waals surface area contributed by atoms with Gasteiger partial charge < -0.3 is 15.1 Å². The Morgan fingerprint density at radius 2 is 1.51 bits per heavy atom. The Hall–Kier alpha value is -3.45. The number of nitrogens with one attached hydrogen (secondary N) is 1. The Morgan fingerprint density at radius 3 is 2.23 bits per heavy atom. The number of para-hydroxylation sites is 1. The predicted octanol–water partition coefficient (Wildman–Crippen LogP) is 5.24. The van der Waals surface area contributed by atoms with Gasteiger partial charge in [-0.1, -0.05) is 18.2 Å². The fraction of sp³-hybridized carbons (Fsp3) is 0.393. The molecule has 0 spiro atoms. The third-order valence-electron chi connectivity index (χ3n) is 7.67. The first-order valence-electron chi connectivity index (χ1n) is 12.8. The number of rotatable bonds is 5. The molecule has 0 unspecified atom stereocenters. The molecule has 7 heteroatoms. The van der Waals surface area contributed by atoms with Crippen LogP contribution in [0.25, 0.3) is 16.7 Å². The lowest BCUT2D eigenvalue weighted by atomic mass is 10.0. The maximum Gasteiger partial charge on any atom is 0.168 e. The number of likely N-dealkylation sites (tertiary alicyclic amines) is 1. The minimum absolute atomic E-state index is 0.773. The lowest BCUT2D eigenvalue weighted by Crippen LogP contribution is -2.43. The quantitative estimate of drug-likeness (QED) is 0.433. The molecular weight excluding hydrogens is 434 g/mol. The summed E-state index contributed by atoms with van der Waals surface area (Å²) < 4.78 is 1.90. The fourth-order valence-electron chi connectivity index (χ4n) is 5.66. The molecule has 2 aromatic heterocycles. The second-order valence-electron chi connectivity index (χ2n) is 9.89. The Morgan fingerprint density at radius 1 is 0.829 bits per heavy atom. The van der Waals surface area contributed by atoms with Crippen LogP contribution in [0, 0.1) is 13.8 Å².